The summed E-state index contributed by atoms with van der Waals surface area (Å²) >= 11 is 5.81. The van der Waals surface area contributed by atoms with Gasteiger partial charge in [-0.1, -0.05) is 23.7 Å². The second kappa shape index (κ2) is 11.1. The molecule has 6 rings (SSSR count). The number of ether oxygens (including phenoxy) is 2. The molecule has 0 unspecified atom stereocenters. The smallest absolute Gasteiger partial charge is 0.341 e. The second-order valence-corrected chi connectivity index (χ2v) is 9.98. The van der Waals surface area contributed by atoms with Crippen molar-refractivity contribution in [2.45, 2.75) is 19.1 Å². The van der Waals surface area contributed by atoms with Gasteiger partial charge in [0.1, 0.15) is 25.2 Å². The summed E-state index contributed by atoms with van der Waals surface area (Å²) in [6, 6.07) is 17.4. The van der Waals surface area contributed by atoms with Crippen LogP contribution in [0.3, 0.4) is 0 Å². The fraction of sp³-hybridized carbons (Fsp3) is 0.167. The van der Waals surface area contributed by atoms with E-state index in [0.29, 0.717) is 51.5 Å². The van der Waals surface area contributed by atoms with Crippen LogP contribution in [0.2, 0.25) is 5.02 Å². The third-order valence-corrected chi connectivity index (χ3v) is 7.05. The molecule has 41 heavy (non-hydrogen) atoms. The molecule has 2 aromatic carbocycles. The lowest BCUT2D eigenvalue weighted by atomic mass is 10.2. The van der Waals surface area contributed by atoms with E-state index < -0.39 is 11.8 Å². The predicted octanol–water partition coefficient (Wildman–Crippen LogP) is 3.35. The average Bonchev–Trinajstić information content (AvgIpc) is 3.27. The number of rotatable bonds is 8. The number of aromatic nitrogens is 2. The Morgan fingerprint density at radius 1 is 1.20 bits per heavy atom. The van der Waals surface area contributed by atoms with Gasteiger partial charge in [-0.2, -0.15) is 0 Å². The van der Waals surface area contributed by atoms with Crippen LogP contribution in [-0.2, 0) is 11.3 Å². The first kappa shape index (κ1) is 26.5. The number of hydrogen-bond donors (Lipinski definition) is 1. The van der Waals surface area contributed by atoms with E-state index in [1.807, 2.05) is 4.58 Å². The van der Waals surface area contributed by atoms with Gasteiger partial charge < -0.3 is 14.6 Å². The van der Waals surface area contributed by atoms with E-state index in [4.69, 9.17) is 21.1 Å². The number of benzene rings is 2. The maximum Gasteiger partial charge on any atom is 0.341 e. The van der Waals surface area contributed by atoms with Gasteiger partial charge >= 0.3 is 11.8 Å². The van der Waals surface area contributed by atoms with E-state index in [2.05, 4.69) is 9.98 Å². The van der Waals surface area contributed by atoms with Crippen LogP contribution in [0, 0.1) is 5.82 Å². The summed E-state index contributed by atoms with van der Waals surface area (Å²) in [5.74, 6) is -0.724. The Hall–Kier alpha value is -4.67. The molecule has 0 saturated carbocycles. The Kier molecular flexibility index (Phi) is 7.17. The number of carboxylic acids is 1. The van der Waals surface area contributed by atoms with Gasteiger partial charge in [-0.3, -0.25) is 9.36 Å². The molecule has 2 aliphatic heterocycles. The van der Waals surface area contributed by atoms with Crippen molar-refractivity contribution < 1.29 is 23.8 Å². The topological polar surface area (TPSA) is 106 Å². The lowest BCUT2D eigenvalue weighted by molar-refractivity contribution is -0.0496. The molecule has 0 radical (unpaired) electrons. The van der Waals surface area contributed by atoms with Crippen LogP contribution in [0.25, 0.3) is 17.5 Å². The van der Waals surface area contributed by atoms with E-state index in [0.717, 1.165) is 6.42 Å². The molecule has 2 aliphatic rings. The Morgan fingerprint density at radius 2 is 2.05 bits per heavy atom. The highest BCUT2D eigenvalue weighted by Gasteiger charge is 2.29. The summed E-state index contributed by atoms with van der Waals surface area (Å²) in [6.45, 7) is 1.13. The molecule has 4 heterocycles. The predicted molar refractivity (Wildman–Crippen MR) is 149 cm³/mol. The highest BCUT2D eigenvalue weighted by atomic mass is 35.5. The SMILES string of the molecule is O=C(O)c1ccc2c(c1)=[N+](C[C@@H]1CCO1)C(=Cn1ccc(-c3cccc(OCc4ccc(Cl)cc4F)n3)cc1=O)N=2. The number of hydrogen-bond acceptors (Lipinski definition) is 6. The zero-order chi connectivity index (χ0) is 28.5. The molecule has 0 bridgehead atoms. The van der Waals surface area contributed by atoms with Crippen molar-refractivity contribution >= 4 is 23.8 Å². The van der Waals surface area contributed by atoms with Crippen LogP contribution in [-0.4, -0.2) is 39.9 Å². The minimum Gasteiger partial charge on any atom is -0.478 e. The minimum atomic E-state index is -1.03. The number of carbonyl (C=O) groups is 1. The zero-order valence-electron chi connectivity index (χ0n) is 21.5. The molecule has 11 heteroatoms. The van der Waals surface area contributed by atoms with E-state index in [-0.39, 0.29) is 29.7 Å². The van der Waals surface area contributed by atoms with E-state index >= 15 is 0 Å². The van der Waals surface area contributed by atoms with Crippen molar-refractivity contribution in [3.05, 3.63) is 122 Å². The lowest BCUT2D eigenvalue weighted by Crippen LogP contribution is -2.42. The fourth-order valence-corrected chi connectivity index (χ4v) is 4.68. The first-order valence-corrected chi connectivity index (χ1v) is 13.2. The van der Waals surface area contributed by atoms with Crippen LogP contribution in [0.1, 0.15) is 22.3 Å². The van der Waals surface area contributed by atoms with Gasteiger partial charge in [-0.15, -0.1) is 0 Å². The molecule has 0 amide bonds. The van der Waals surface area contributed by atoms with Gasteiger partial charge in [0, 0.05) is 53.6 Å². The second-order valence-electron chi connectivity index (χ2n) is 9.55. The summed E-state index contributed by atoms with van der Waals surface area (Å²) < 4.78 is 28.6. The van der Waals surface area contributed by atoms with Crippen molar-refractivity contribution in [3.8, 4) is 17.1 Å². The number of aromatic carboxylic acids is 1. The molecular formula is C30H23ClFN4O5+. The minimum absolute atomic E-state index is 0.0103. The van der Waals surface area contributed by atoms with Crippen molar-refractivity contribution in [3.63, 3.8) is 0 Å². The molecule has 1 fully saturated rings. The fourth-order valence-electron chi connectivity index (χ4n) is 4.52. The van der Waals surface area contributed by atoms with Crippen molar-refractivity contribution in [1.29, 1.82) is 0 Å². The monoisotopic (exact) mass is 573 g/mol. The normalized spacial score (nSPS) is 16.7. The molecule has 0 aliphatic carbocycles. The van der Waals surface area contributed by atoms with Crippen molar-refractivity contribution in [1.82, 2.24) is 14.1 Å². The molecule has 2 aromatic heterocycles. The first-order chi connectivity index (χ1) is 19.8. The Balaban J connectivity index is 1.27. The Bertz CT molecular complexity index is 1900. The summed E-state index contributed by atoms with van der Waals surface area (Å²) in [5, 5.41) is 11.0. The maximum absolute atomic E-state index is 14.1. The van der Waals surface area contributed by atoms with Gasteiger partial charge in [0.25, 0.3) is 5.56 Å². The van der Waals surface area contributed by atoms with Crippen LogP contribution >= 0.6 is 11.6 Å². The number of fused-ring (bicyclic) bond motifs is 1. The Morgan fingerprint density at radius 3 is 2.78 bits per heavy atom. The third-order valence-electron chi connectivity index (χ3n) is 6.82. The molecule has 1 N–H and O–H groups in total. The summed E-state index contributed by atoms with van der Waals surface area (Å²) in [6.07, 6.45) is 4.10. The summed E-state index contributed by atoms with van der Waals surface area (Å²) in [4.78, 5) is 33.8. The quantitative estimate of drug-likeness (QED) is 0.324. The molecule has 4 aromatic rings. The van der Waals surface area contributed by atoms with E-state index in [9.17, 15) is 19.1 Å². The lowest BCUT2D eigenvalue weighted by Gasteiger charge is -2.25. The van der Waals surface area contributed by atoms with E-state index in [1.165, 1.54) is 22.8 Å². The number of nitrogens with zero attached hydrogens (tertiary/aromatic N) is 4. The third kappa shape index (κ3) is 5.65. The summed E-state index contributed by atoms with van der Waals surface area (Å²) in [5.41, 5.74) is 1.26. The van der Waals surface area contributed by atoms with Crippen LogP contribution < -0.4 is 25.6 Å². The highest BCUT2D eigenvalue weighted by Crippen LogP contribution is 2.21. The molecule has 0 spiro atoms. The van der Waals surface area contributed by atoms with Crippen LogP contribution in [0.15, 0.2) is 88.5 Å². The average molecular weight is 574 g/mol. The van der Waals surface area contributed by atoms with Gasteiger partial charge in [0.2, 0.25) is 11.2 Å². The molecular weight excluding hydrogens is 551 g/mol. The number of carboxylic acid groups (broad SMARTS) is 1. The first-order valence-electron chi connectivity index (χ1n) is 12.8. The maximum atomic E-state index is 14.1. The largest absolute Gasteiger partial charge is 0.478 e. The van der Waals surface area contributed by atoms with Crippen molar-refractivity contribution in [2.24, 2.45) is 4.99 Å². The number of pyridine rings is 2. The van der Waals surface area contributed by atoms with Gasteiger partial charge in [-0.05, 0) is 41.4 Å². The molecule has 1 saturated heterocycles. The zero-order valence-corrected chi connectivity index (χ0v) is 22.3. The van der Waals surface area contributed by atoms with Crippen molar-refractivity contribution in [2.75, 3.05) is 13.2 Å². The number of halogens is 2. The Labute approximate surface area is 237 Å². The molecule has 1 atom stereocenters. The van der Waals surface area contributed by atoms with E-state index in [1.54, 1.807) is 60.9 Å². The van der Waals surface area contributed by atoms with Gasteiger partial charge in [-0.25, -0.2) is 18.7 Å². The highest BCUT2D eigenvalue weighted by molar-refractivity contribution is 6.30. The molecule has 206 valence electrons. The van der Waals surface area contributed by atoms with Crippen LogP contribution in [0.4, 0.5) is 4.39 Å². The standard InChI is InChI=1S/C30H22ClFN4O5/c31-21-6-4-20(23(32)14-21)17-41-28-3-1-2-24(34-28)18-8-10-35(29(37)13-18)16-27-33-25-7-5-19(30(38)39)12-26(25)36(27)15-22-9-11-40-22/h1-8,10,12-14,16,22H,9,11,15,17H2/p+1/t22-/m0/s1. The summed E-state index contributed by atoms with van der Waals surface area (Å²) in [7, 11) is 0. The van der Waals surface area contributed by atoms with Crippen LogP contribution in [0.5, 0.6) is 5.88 Å². The van der Waals surface area contributed by atoms with Gasteiger partial charge in [0.15, 0.2) is 5.36 Å². The molecule has 9 nitrogen and oxygen atoms in total. The van der Waals surface area contributed by atoms with Gasteiger partial charge in [0.05, 0.1) is 17.4 Å².